The van der Waals surface area contributed by atoms with E-state index in [1.165, 1.54) is 12.8 Å². The largest absolute Gasteiger partial charge is 0.309 e. The predicted octanol–water partition coefficient (Wildman–Crippen LogP) is 2.83. The molecule has 1 aliphatic carbocycles. The highest BCUT2D eigenvalue weighted by molar-refractivity contribution is 6.31. The Morgan fingerprint density at radius 2 is 2.25 bits per heavy atom. The van der Waals surface area contributed by atoms with Crippen molar-refractivity contribution in [3.8, 4) is 0 Å². The summed E-state index contributed by atoms with van der Waals surface area (Å²) in [6.45, 7) is 3.31. The van der Waals surface area contributed by atoms with Gasteiger partial charge in [0.2, 0.25) is 0 Å². The van der Waals surface area contributed by atoms with Crippen LogP contribution in [-0.4, -0.2) is 18.9 Å². The van der Waals surface area contributed by atoms with E-state index >= 15 is 0 Å². The average molecular weight is 238 g/mol. The van der Waals surface area contributed by atoms with Crippen molar-refractivity contribution in [1.29, 1.82) is 0 Å². The van der Waals surface area contributed by atoms with Crippen LogP contribution in [0.3, 0.4) is 0 Å². The lowest BCUT2D eigenvalue weighted by atomic mass is 10.1. The minimum absolute atomic E-state index is 0.113. The maximum absolute atomic E-state index is 11.8. The number of hydrogen-bond donors (Lipinski definition) is 1. The second kappa shape index (κ2) is 4.98. The molecular formula is C13H16ClNO. The fraction of sp³-hybridized carbons (Fsp3) is 0.462. The van der Waals surface area contributed by atoms with Gasteiger partial charge in [-0.2, -0.15) is 0 Å². The second-order valence-corrected chi connectivity index (χ2v) is 4.87. The van der Waals surface area contributed by atoms with E-state index in [0.29, 0.717) is 17.1 Å². The number of ketones is 1. The Morgan fingerprint density at radius 1 is 1.50 bits per heavy atom. The zero-order chi connectivity index (χ0) is 11.5. The molecule has 0 aliphatic heterocycles. The summed E-state index contributed by atoms with van der Waals surface area (Å²) in [5, 5.41) is 3.85. The molecule has 0 radical (unpaired) electrons. The van der Waals surface area contributed by atoms with E-state index in [1.807, 2.05) is 19.1 Å². The maximum Gasteiger partial charge on any atom is 0.176 e. The van der Waals surface area contributed by atoms with Crippen molar-refractivity contribution in [2.24, 2.45) is 5.92 Å². The highest BCUT2D eigenvalue weighted by Gasteiger charge is 2.20. The fourth-order valence-corrected chi connectivity index (χ4v) is 1.76. The SMILES string of the molecule is Cc1ccc(C(=O)CNCC2CC2)cc1Cl. The first-order valence-corrected chi connectivity index (χ1v) is 6.04. The van der Waals surface area contributed by atoms with Gasteiger partial charge in [0.1, 0.15) is 0 Å². The van der Waals surface area contributed by atoms with Gasteiger partial charge in [-0.15, -0.1) is 0 Å². The summed E-state index contributed by atoms with van der Waals surface area (Å²) in [6.07, 6.45) is 2.61. The summed E-state index contributed by atoms with van der Waals surface area (Å²) in [5.41, 5.74) is 1.70. The van der Waals surface area contributed by atoms with E-state index < -0.39 is 0 Å². The Morgan fingerprint density at radius 3 is 2.88 bits per heavy atom. The van der Waals surface area contributed by atoms with Crippen molar-refractivity contribution in [3.05, 3.63) is 34.3 Å². The Labute approximate surface area is 101 Å². The van der Waals surface area contributed by atoms with Crippen LogP contribution in [0.15, 0.2) is 18.2 Å². The monoisotopic (exact) mass is 237 g/mol. The van der Waals surface area contributed by atoms with E-state index in [-0.39, 0.29) is 5.78 Å². The van der Waals surface area contributed by atoms with Crippen LogP contribution in [0.4, 0.5) is 0 Å². The number of benzene rings is 1. The van der Waals surface area contributed by atoms with Gasteiger partial charge in [0, 0.05) is 10.6 Å². The van der Waals surface area contributed by atoms with E-state index in [9.17, 15) is 4.79 Å². The summed E-state index contributed by atoms with van der Waals surface area (Å²) in [7, 11) is 0. The van der Waals surface area contributed by atoms with Gasteiger partial charge in [-0.3, -0.25) is 4.79 Å². The fourth-order valence-electron chi connectivity index (χ4n) is 1.58. The Kier molecular flexibility index (Phi) is 3.62. The molecule has 0 spiro atoms. The number of hydrogen-bond acceptors (Lipinski definition) is 2. The quantitative estimate of drug-likeness (QED) is 0.798. The number of Topliss-reactive ketones (excluding diaryl/α,β-unsaturated/α-hetero) is 1. The lowest BCUT2D eigenvalue weighted by Crippen LogP contribution is -2.25. The first-order valence-electron chi connectivity index (χ1n) is 5.67. The molecule has 0 heterocycles. The van der Waals surface area contributed by atoms with Gasteiger partial charge in [-0.1, -0.05) is 23.7 Å². The topological polar surface area (TPSA) is 29.1 Å². The average Bonchev–Trinajstić information content (AvgIpc) is 3.06. The summed E-state index contributed by atoms with van der Waals surface area (Å²) in [4.78, 5) is 11.8. The molecule has 3 heteroatoms. The first-order chi connectivity index (χ1) is 7.66. The van der Waals surface area contributed by atoms with Crippen molar-refractivity contribution in [2.75, 3.05) is 13.1 Å². The van der Waals surface area contributed by atoms with Gasteiger partial charge in [0.05, 0.1) is 6.54 Å². The Hall–Kier alpha value is -0.860. The molecule has 2 nitrogen and oxygen atoms in total. The minimum Gasteiger partial charge on any atom is -0.309 e. The van der Waals surface area contributed by atoms with Gasteiger partial charge in [-0.25, -0.2) is 0 Å². The zero-order valence-corrected chi connectivity index (χ0v) is 10.2. The third-order valence-corrected chi connectivity index (χ3v) is 3.32. The zero-order valence-electron chi connectivity index (χ0n) is 9.42. The third-order valence-electron chi connectivity index (χ3n) is 2.91. The van der Waals surface area contributed by atoms with Crippen LogP contribution < -0.4 is 5.32 Å². The molecule has 0 bridgehead atoms. The third kappa shape index (κ3) is 3.06. The summed E-state index contributed by atoms with van der Waals surface area (Å²) in [6, 6.07) is 5.47. The van der Waals surface area contributed by atoms with Crippen LogP contribution in [0.1, 0.15) is 28.8 Å². The molecule has 1 fully saturated rings. The van der Waals surface area contributed by atoms with Crippen LogP contribution >= 0.6 is 11.6 Å². The van der Waals surface area contributed by atoms with Crippen LogP contribution in [0, 0.1) is 12.8 Å². The Bertz CT molecular complexity index is 399. The molecule has 0 atom stereocenters. The number of carbonyl (C=O) groups is 1. The van der Waals surface area contributed by atoms with Gasteiger partial charge in [0.25, 0.3) is 0 Å². The van der Waals surface area contributed by atoms with Gasteiger partial charge < -0.3 is 5.32 Å². The van der Waals surface area contributed by atoms with Crippen LogP contribution in [0.25, 0.3) is 0 Å². The van der Waals surface area contributed by atoms with Crippen molar-refractivity contribution in [2.45, 2.75) is 19.8 Å². The standard InChI is InChI=1S/C13H16ClNO/c1-9-2-5-11(6-12(9)14)13(16)8-15-7-10-3-4-10/h2,5-6,10,15H,3-4,7-8H2,1H3. The molecule has 86 valence electrons. The maximum atomic E-state index is 11.8. The summed E-state index contributed by atoms with van der Waals surface area (Å²) in [5.74, 6) is 0.914. The molecule has 0 aromatic heterocycles. The van der Waals surface area contributed by atoms with Crippen molar-refractivity contribution in [3.63, 3.8) is 0 Å². The summed E-state index contributed by atoms with van der Waals surface area (Å²) >= 11 is 5.98. The van der Waals surface area contributed by atoms with Gasteiger partial charge >= 0.3 is 0 Å². The predicted molar refractivity (Wildman–Crippen MR) is 66.1 cm³/mol. The van der Waals surface area contributed by atoms with Gasteiger partial charge in [-0.05, 0) is 43.9 Å². The smallest absolute Gasteiger partial charge is 0.176 e. The van der Waals surface area contributed by atoms with Crippen LogP contribution in [0.5, 0.6) is 0 Å². The highest BCUT2D eigenvalue weighted by Crippen LogP contribution is 2.27. The van der Waals surface area contributed by atoms with E-state index in [0.717, 1.165) is 18.0 Å². The molecule has 1 aromatic rings. The number of nitrogens with one attached hydrogen (secondary N) is 1. The number of rotatable bonds is 5. The van der Waals surface area contributed by atoms with Crippen molar-refractivity contribution >= 4 is 17.4 Å². The lowest BCUT2D eigenvalue weighted by Gasteiger charge is -2.04. The van der Waals surface area contributed by atoms with Crippen molar-refractivity contribution in [1.82, 2.24) is 5.32 Å². The molecule has 16 heavy (non-hydrogen) atoms. The molecule has 1 aliphatic rings. The number of aryl methyl sites for hydroxylation is 1. The molecule has 1 aromatic carbocycles. The van der Waals surface area contributed by atoms with Crippen LogP contribution in [0.2, 0.25) is 5.02 Å². The molecule has 1 N–H and O–H groups in total. The molecule has 2 rings (SSSR count). The lowest BCUT2D eigenvalue weighted by molar-refractivity contribution is 0.0991. The normalized spacial score (nSPS) is 15.1. The molecule has 0 unspecified atom stereocenters. The number of halogens is 1. The van der Waals surface area contributed by atoms with E-state index in [4.69, 9.17) is 11.6 Å². The molecule has 1 saturated carbocycles. The molecule has 0 saturated heterocycles. The summed E-state index contributed by atoms with van der Waals surface area (Å²) < 4.78 is 0. The molecule has 0 amide bonds. The highest BCUT2D eigenvalue weighted by atomic mass is 35.5. The van der Waals surface area contributed by atoms with Crippen LogP contribution in [-0.2, 0) is 0 Å². The Balaban J connectivity index is 1.88. The molecular weight excluding hydrogens is 222 g/mol. The van der Waals surface area contributed by atoms with Gasteiger partial charge in [0.15, 0.2) is 5.78 Å². The second-order valence-electron chi connectivity index (χ2n) is 4.46. The van der Waals surface area contributed by atoms with E-state index in [1.54, 1.807) is 6.07 Å². The van der Waals surface area contributed by atoms with Crippen molar-refractivity contribution < 1.29 is 4.79 Å². The first kappa shape index (κ1) is 11.6. The number of carbonyl (C=O) groups excluding carboxylic acids is 1. The van der Waals surface area contributed by atoms with E-state index in [2.05, 4.69) is 5.32 Å². The minimum atomic E-state index is 0.113.